The Morgan fingerprint density at radius 2 is 2.11 bits per heavy atom. The number of amides is 1. The van der Waals surface area contributed by atoms with E-state index in [4.69, 9.17) is 0 Å². The predicted octanol–water partition coefficient (Wildman–Crippen LogP) is 2.30. The fourth-order valence-corrected chi connectivity index (χ4v) is 2.15. The van der Waals surface area contributed by atoms with E-state index < -0.39 is 0 Å². The highest BCUT2D eigenvalue weighted by Gasteiger charge is 2.31. The van der Waals surface area contributed by atoms with Crippen molar-refractivity contribution in [2.24, 2.45) is 5.92 Å². The van der Waals surface area contributed by atoms with Gasteiger partial charge in [-0.2, -0.15) is 0 Å². The molecule has 1 fully saturated rings. The van der Waals surface area contributed by atoms with Gasteiger partial charge in [-0.3, -0.25) is 10.1 Å². The molecule has 0 bridgehead atoms. The fraction of sp³-hybridized carbons (Fsp3) is 0.500. The Labute approximate surface area is 107 Å². The highest BCUT2D eigenvalue weighted by Crippen LogP contribution is 2.24. The predicted molar refractivity (Wildman–Crippen MR) is 68.3 cm³/mol. The summed E-state index contributed by atoms with van der Waals surface area (Å²) in [7, 11) is 0. The third-order valence-corrected chi connectivity index (χ3v) is 3.47. The number of benzene rings is 1. The molecule has 1 heterocycles. The standard InChI is InChI=1S/C14H19FN2O/c1-3-10(2)9-17-13(18)8-16-14(17)11-4-6-12(15)7-5-11/h4-7,10,14,16H,3,8-9H2,1-2H3. The summed E-state index contributed by atoms with van der Waals surface area (Å²) in [6.45, 7) is 5.35. The highest BCUT2D eigenvalue weighted by atomic mass is 19.1. The Bertz CT molecular complexity index is 418. The number of carbonyl (C=O) groups is 1. The lowest BCUT2D eigenvalue weighted by molar-refractivity contribution is -0.128. The average molecular weight is 250 g/mol. The van der Waals surface area contributed by atoms with E-state index in [0.29, 0.717) is 12.5 Å². The van der Waals surface area contributed by atoms with Gasteiger partial charge in [0.2, 0.25) is 5.91 Å². The maximum atomic E-state index is 12.9. The molecule has 0 radical (unpaired) electrons. The minimum atomic E-state index is -0.253. The van der Waals surface area contributed by atoms with Gasteiger partial charge in [-0.1, -0.05) is 32.4 Å². The van der Waals surface area contributed by atoms with Crippen LogP contribution in [-0.4, -0.2) is 23.9 Å². The molecule has 18 heavy (non-hydrogen) atoms. The van der Waals surface area contributed by atoms with E-state index in [0.717, 1.165) is 18.5 Å². The number of hydrogen-bond donors (Lipinski definition) is 1. The van der Waals surface area contributed by atoms with Gasteiger partial charge >= 0.3 is 0 Å². The van der Waals surface area contributed by atoms with E-state index in [1.807, 2.05) is 4.90 Å². The first-order chi connectivity index (χ1) is 8.61. The number of halogens is 1. The second-order valence-corrected chi connectivity index (χ2v) is 4.89. The summed E-state index contributed by atoms with van der Waals surface area (Å²) in [6, 6.07) is 6.33. The van der Waals surface area contributed by atoms with Crippen LogP contribution in [0.25, 0.3) is 0 Å². The Kier molecular flexibility index (Phi) is 3.97. The third kappa shape index (κ3) is 2.70. The van der Waals surface area contributed by atoms with Gasteiger partial charge in [0.1, 0.15) is 12.0 Å². The molecule has 3 nitrogen and oxygen atoms in total. The van der Waals surface area contributed by atoms with Crippen LogP contribution in [0.3, 0.4) is 0 Å². The minimum absolute atomic E-state index is 0.115. The smallest absolute Gasteiger partial charge is 0.238 e. The SMILES string of the molecule is CCC(C)CN1C(=O)CNC1c1ccc(F)cc1. The lowest BCUT2D eigenvalue weighted by Gasteiger charge is -2.27. The van der Waals surface area contributed by atoms with Gasteiger partial charge in [-0.05, 0) is 23.6 Å². The van der Waals surface area contributed by atoms with E-state index in [1.165, 1.54) is 12.1 Å². The summed E-state index contributed by atoms with van der Waals surface area (Å²) in [4.78, 5) is 13.7. The Morgan fingerprint density at radius 1 is 1.44 bits per heavy atom. The van der Waals surface area contributed by atoms with Gasteiger partial charge in [-0.15, -0.1) is 0 Å². The number of hydrogen-bond acceptors (Lipinski definition) is 2. The number of nitrogens with one attached hydrogen (secondary N) is 1. The molecular weight excluding hydrogens is 231 g/mol. The summed E-state index contributed by atoms with van der Waals surface area (Å²) >= 11 is 0. The van der Waals surface area contributed by atoms with Crippen molar-refractivity contribution in [3.8, 4) is 0 Å². The lowest BCUT2D eigenvalue weighted by Crippen LogP contribution is -2.33. The van der Waals surface area contributed by atoms with Crippen LogP contribution in [0.4, 0.5) is 4.39 Å². The third-order valence-electron chi connectivity index (χ3n) is 3.47. The highest BCUT2D eigenvalue weighted by molar-refractivity contribution is 5.80. The normalized spacial score (nSPS) is 21.4. The molecule has 1 aromatic carbocycles. The van der Waals surface area contributed by atoms with Crippen LogP contribution in [0.5, 0.6) is 0 Å². The zero-order valence-electron chi connectivity index (χ0n) is 10.8. The van der Waals surface area contributed by atoms with Crippen LogP contribution in [0, 0.1) is 11.7 Å². The maximum Gasteiger partial charge on any atom is 0.238 e. The van der Waals surface area contributed by atoms with Crippen molar-refractivity contribution in [2.75, 3.05) is 13.1 Å². The van der Waals surface area contributed by atoms with Gasteiger partial charge in [0.25, 0.3) is 0 Å². The zero-order valence-corrected chi connectivity index (χ0v) is 10.8. The summed E-state index contributed by atoms with van der Waals surface area (Å²) in [5, 5.41) is 3.18. The van der Waals surface area contributed by atoms with E-state index in [1.54, 1.807) is 12.1 Å². The van der Waals surface area contributed by atoms with Crippen LogP contribution >= 0.6 is 0 Å². The van der Waals surface area contributed by atoms with E-state index in [-0.39, 0.29) is 17.9 Å². The molecule has 1 saturated heterocycles. The molecule has 2 atom stereocenters. The van der Waals surface area contributed by atoms with Gasteiger partial charge in [0.15, 0.2) is 0 Å². The topological polar surface area (TPSA) is 32.3 Å². The summed E-state index contributed by atoms with van der Waals surface area (Å²) < 4.78 is 12.9. The van der Waals surface area contributed by atoms with Crippen molar-refractivity contribution >= 4 is 5.91 Å². The molecule has 1 aliphatic heterocycles. The van der Waals surface area contributed by atoms with Gasteiger partial charge in [-0.25, -0.2) is 4.39 Å². The van der Waals surface area contributed by atoms with Crippen molar-refractivity contribution in [3.05, 3.63) is 35.6 Å². The van der Waals surface area contributed by atoms with Crippen LogP contribution in [0.1, 0.15) is 32.0 Å². The van der Waals surface area contributed by atoms with Crippen molar-refractivity contribution in [1.82, 2.24) is 10.2 Å². The zero-order chi connectivity index (χ0) is 13.1. The monoisotopic (exact) mass is 250 g/mol. The van der Waals surface area contributed by atoms with Crippen LogP contribution < -0.4 is 5.32 Å². The number of carbonyl (C=O) groups excluding carboxylic acids is 1. The average Bonchev–Trinajstić information content (AvgIpc) is 2.72. The number of rotatable bonds is 4. The van der Waals surface area contributed by atoms with Crippen LogP contribution in [0.15, 0.2) is 24.3 Å². The van der Waals surface area contributed by atoms with Crippen molar-refractivity contribution in [3.63, 3.8) is 0 Å². The molecule has 2 rings (SSSR count). The second kappa shape index (κ2) is 5.48. The molecule has 0 spiro atoms. The number of nitrogens with zero attached hydrogens (tertiary/aromatic N) is 1. The van der Waals surface area contributed by atoms with Crippen LogP contribution in [-0.2, 0) is 4.79 Å². The molecule has 2 unspecified atom stereocenters. The molecular formula is C14H19FN2O. The van der Waals surface area contributed by atoms with Gasteiger partial charge in [0, 0.05) is 6.54 Å². The lowest BCUT2D eigenvalue weighted by atomic mass is 10.1. The van der Waals surface area contributed by atoms with E-state index in [9.17, 15) is 9.18 Å². The molecule has 1 aliphatic rings. The molecule has 4 heteroatoms. The molecule has 1 amide bonds. The van der Waals surface area contributed by atoms with Crippen LogP contribution in [0.2, 0.25) is 0 Å². The minimum Gasteiger partial charge on any atom is -0.322 e. The first kappa shape index (κ1) is 13.0. The Morgan fingerprint density at radius 3 is 2.72 bits per heavy atom. The summed E-state index contributed by atoms with van der Waals surface area (Å²) in [6.07, 6.45) is 0.923. The first-order valence-electron chi connectivity index (χ1n) is 6.40. The second-order valence-electron chi connectivity index (χ2n) is 4.89. The Hall–Kier alpha value is -1.42. The Balaban J connectivity index is 2.15. The molecule has 98 valence electrons. The molecule has 0 saturated carbocycles. The van der Waals surface area contributed by atoms with E-state index in [2.05, 4.69) is 19.2 Å². The van der Waals surface area contributed by atoms with E-state index >= 15 is 0 Å². The fourth-order valence-electron chi connectivity index (χ4n) is 2.15. The maximum absolute atomic E-state index is 12.9. The largest absolute Gasteiger partial charge is 0.322 e. The van der Waals surface area contributed by atoms with Crippen molar-refractivity contribution in [1.29, 1.82) is 0 Å². The van der Waals surface area contributed by atoms with Crippen molar-refractivity contribution in [2.45, 2.75) is 26.4 Å². The van der Waals surface area contributed by atoms with Gasteiger partial charge < -0.3 is 4.90 Å². The molecule has 1 N–H and O–H groups in total. The van der Waals surface area contributed by atoms with Gasteiger partial charge in [0.05, 0.1) is 6.54 Å². The first-order valence-corrected chi connectivity index (χ1v) is 6.40. The van der Waals surface area contributed by atoms with Crippen molar-refractivity contribution < 1.29 is 9.18 Å². The summed E-state index contributed by atoms with van der Waals surface area (Å²) in [5.74, 6) is 0.331. The molecule has 0 aliphatic carbocycles. The summed E-state index contributed by atoms with van der Waals surface area (Å²) in [5.41, 5.74) is 0.936. The molecule has 1 aromatic rings. The molecule has 0 aromatic heterocycles. The quantitative estimate of drug-likeness (QED) is 0.889.